The van der Waals surface area contributed by atoms with Crippen LogP contribution in [-0.2, 0) is 15.3 Å². The van der Waals surface area contributed by atoms with Crippen LogP contribution < -0.4 is 5.73 Å². The Kier molecular flexibility index (Phi) is 2.64. The van der Waals surface area contributed by atoms with Crippen molar-refractivity contribution in [3.63, 3.8) is 0 Å². The SMILES string of the molecule is NCC1(c2cccs2)OCCCO1. The van der Waals surface area contributed by atoms with Gasteiger partial charge in [0.2, 0.25) is 5.79 Å². The fourth-order valence-corrected chi connectivity index (χ4v) is 2.27. The predicted octanol–water partition coefficient (Wildman–Crippen LogP) is 1.30. The fraction of sp³-hybridized carbons (Fsp3) is 0.556. The van der Waals surface area contributed by atoms with Gasteiger partial charge in [-0.05, 0) is 17.9 Å². The molecule has 0 atom stereocenters. The third-order valence-corrected chi connectivity index (χ3v) is 3.12. The third kappa shape index (κ3) is 1.62. The van der Waals surface area contributed by atoms with Crippen molar-refractivity contribution in [1.82, 2.24) is 0 Å². The Morgan fingerprint density at radius 2 is 2.23 bits per heavy atom. The summed E-state index contributed by atoms with van der Waals surface area (Å²) in [5.41, 5.74) is 5.69. The molecule has 0 amide bonds. The molecule has 0 bridgehead atoms. The normalized spacial score (nSPS) is 21.6. The molecule has 1 aliphatic rings. The van der Waals surface area contributed by atoms with Crippen LogP contribution >= 0.6 is 11.3 Å². The molecule has 1 aromatic heterocycles. The molecule has 72 valence electrons. The lowest BCUT2D eigenvalue weighted by Gasteiger charge is -2.35. The summed E-state index contributed by atoms with van der Waals surface area (Å²) in [4.78, 5) is 1.06. The van der Waals surface area contributed by atoms with Crippen LogP contribution in [0.5, 0.6) is 0 Å². The minimum Gasteiger partial charge on any atom is -0.344 e. The maximum Gasteiger partial charge on any atom is 0.217 e. The summed E-state index contributed by atoms with van der Waals surface area (Å²) in [6.45, 7) is 1.84. The first-order valence-corrected chi connectivity index (χ1v) is 5.27. The lowest BCUT2D eigenvalue weighted by molar-refractivity contribution is -0.267. The zero-order chi connectivity index (χ0) is 9.15. The van der Waals surface area contributed by atoms with Crippen LogP contribution in [-0.4, -0.2) is 19.8 Å². The van der Waals surface area contributed by atoms with E-state index in [0.29, 0.717) is 6.54 Å². The van der Waals surface area contributed by atoms with E-state index in [-0.39, 0.29) is 0 Å². The van der Waals surface area contributed by atoms with E-state index in [2.05, 4.69) is 0 Å². The zero-order valence-corrected chi connectivity index (χ0v) is 8.18. The van der Waals surface area contributed by atoms with E-state index < -0.39 is 5.79 Å². The smallest absolute Gasteiger partial charge is 0.217 e. The Hall–Kier alpha value is -0.420. The molecule has 0 spiro atoms. The van der Waals surface area contributed by atoms with Crippen molar-refractivity contribution in [2.24, 2.45) is 5.73 Å². The molecule has 0 radical (unpaired) electrons. The lowest BCUT2D eigenvalue weighted by atomic mass is 10.2. The van der Waals surface area contributed by atoms with Gasteiger partial charge in [-0.15, -0.1) is 11.3 Å². The van der Waals surface area contributed by atoms with Gasteiger partial charge >= 0.3 is 0 Å². The second kappa shape index (κ2) is 3.75. The van der Waals surface area contributed by atoms with Crippen LogP contribution in [0.25, 0.3) is 0 Å². The van der Waals surface area contributed by atoms with Crippen molar-refractivity contribution in [3.05, 3.63) is 22.4 Å². The molecule has 1 aliphatic heterocycles. The molecule has 0 aromatic carbocycles. The van der Waals surface area contributed by atoms with Gasteiger partial charge in [-0.2, -0.15) is 0 Å². The first kappa shape index (κ1) is 9.15. The number of thiophene rings is 1. The van der Waals surface area contributed by atoms with Crippen LogP contribution in [0.4, 0.5) is 0 Å². The maximum absolute atomic E-state index is 5.69. The summed E-state index contributed by atoms with van der Waals surface area (Å²) in [7, 11) is 0. The molecule has 2 N–H and O–H groups in total. The van der Waals surface area contributed by atoms with Gasteiger partial charge in [0.1, 0.15) is 0 Å². The highest BCUT2D eigenvalue weighted by molar-refractivity contribution is 7.10. The quantitative estimate of drug-likeness (QED) is 0.780. The van der Waals surface area contributed by atoms with Crippen LogP contribution in [0.15, 0.2) is 17.5 Å². The summed E-state index contributed by atoms with van der Waals surface area (Å²) < 4.78 is 11.2. The zero-order valence-electron chi connectivity index (χ0n) is 7.36. The van der Waals surface area contributed by atoms with Crippen molar-refractivity contribution in [2.75, 3.05) is 19.8 Å². The van der Waals surface area contributed by atoms with Crippen molar-refractivity contribution in [3.8, 4) is 0 Å². The molecule has 3 nitrogen and oxygen atoms in total. The molecule has 13 heavy (non-hydrogen) atoms. The van der Waals surface area contributed by atoms with Gasteiger partial charge < -0.3 is 15.2 Å². The molecule has 0 saturated carbocycles. The molecular formula is C9H13NO2S. The average Bonchev–Trinajstić information content (AvgIpc) is 2.72. The van der Waals surface area contributed by atoms with Gasteiger partial charge in [-0.25, -0.2) is 0 Å². The average molecular weight is 199 g/mol. The second-order valence-electron chi connectivity index (χ2n) is 2.98. The van der Waals surface area contributed by atoms with Crippen LogP contribution in [0.1, 0.15) is 11.3 Å². The van der Waals surface area contributed by atoms with E-state index in [0.717, 1.165) is 24.5 Å². The summed E-state index contributed by atoms with van der Waals surface area (Å²) in [6, 6.07) is 3.99. The predicted molar refractivity (Wildman–Crippen MR) is 51.6 cm³/mol. The molecular weight excluding hydrogens is 186 g/mol. The minimum absolute atomic E-state index is 0.382. The number of ether oxygens (including phenoxy) is 2. The van der Waals surface area contributed by atoms with E-state index in [9.17, 15) is 0 Å². The van der Waals surface area contributed by atoms with Crippen molar-refractivity contribution < 1.29 is 9.47 Å². The molecule has 1 fully saturated rings. The molecule has 2 heterocycles. The van der Waals surface area contributed by atoms with E-state index in [1.54, 1.807) is 11.3 Å². The molecule has 1 aromatic rings. The van der Waals surface area contributed by atoms with Gasteiger partial charge in [0.25, 0.3) is 0 Å². The highest BCUT2D eigenvalue weighted by Gasteiger charge is 2.36. The van der Waals surface area contributed by atoms with Crippen molar-refractivity contribution in [1.29, 1.82) is 0 Å². The molecule has 0 aliphatic carbocycles. The van der Waals surface area contributed by atoms with Crippen LogP contribution in [0.3, 0.4) is 0 Å². The first-order chi connectivity index (χ1) is 6.37. The van der Waals surface area contributed by atoms with Crippen LogP contribution in [0.2, 0.25) is 0 Å². The summed E-state index contributed by atoms with van der Waals surface area (Å²) in [5.74, 6) is -0.660. The lowest BCUT2D eigenvalue weighted by Crippen LogP contribution is -2.43. The minimum atomic E-state index is -0.660. The number of rotatable bonds is 2. The molecule has 2 rings (SSSR count). The van der Waals surface area contributed by atoms with Gasteiger partial charge in [0, 0.05) is 0 Å². The summed E-state index contributed by atoms with van der Waals surface area (Å²) in [6.07, 6.45) is 0.952. The summed E-state index contributed by atoms with van der Waals surface area (Å²) >= 11 is 1.62. The molecule has 4 heteroatoms. The van der Waals surface area contributed by atoms with Crippen molar-refractivity contribution in [2.45, 2.75) is 12.2 Å². The topological polar surface area (TPSA) is 44.5 Å². The second-order valence-corrected chi connectivity index (χ2v) is 3.93. The Morgan fingerprint density at radius 1 is 1.46 bits per heavy atom. The third-order valence-electron chi connectivity index (χ3n) is 2.12. The van der Waals surface area contributed by atoms with E-state index in [1.807, 2.05) is 17.5 Å². The van der Waals surface area contributed by atoms with E-state index in [4.69, 9.17) is 15.2 Å². The fourth-order valence-electron chi connectivity index (χ4n) is 1.43. The Morgan fingerprint density at radius 3 is 2.77 bits per heavy atom. The Balaban J connectivity index is 2.23. The van der Waals surface area contributed by atoms with Gasteiger partial charge in [0.15, 0.2) is 0 Å². The summed E-state index contributed by atoms with van der Waals surface area (Å²) in [5, 5.41) is 2.01. The number of hydrogen-bond donors (Lipinski definition) is 1. The first-order valence-electron chi connectivity index (χ1n) is 4.39. The van der Waals surface area contributed by atoms with E-state index >= 15 is 0 Å². The highest BCUT2D eigenvalue weighted by atomic mass is 32.1. The van der Waals surface area contributed by atoms with Crippen molar-refractivity contribution >= 4 is 11.3 Å². The highest BCUT2D eigenvalue weighted by Crippen LogP contribution is 2.32. The molecule has 1 saturated heterocycles. The Labute approximate surface area is 81.5 Å². The maximum atomic E-state index is 5.69. The largest absolute Gasteiger partial charge is 0.344 e. The Bertz CT molecular complexity index is 255. The number of nitrogens with two attached hydrogens (primary N) is 1. The molecule has 0 unspecified atom stereocenters. The van der Waals surface area contributed by atoms with Gasteiger partial charge in [-0.1, -0.05) is 6.07 Å². The standard InChI is InChI=1S/C9H13NO2S/c10-7-9(8-3-1-6-13-8)11-4-2-5-12-9/h1,3,6H,2,4-5,7,10H2. The van der Waals surface area contributed by atoms with E-state index in [1.165, 1.54) is 0 Å². The van der Waals surface area contributed by atoms with Gasteiger partial charge in [0.05, 0.1) is 24.6 Å². The number of hydrogen-bond acceptors (Lipinski definition) is 4. The van der Waals surface area contributed by atoms with Gasteiger partial charge in [-0.3, -0.25) is 0 Å². The monoisotopic (exact) mass is 199 g/mol. The van der Waals surface area contributed by atoms with Crippen LogP contribution in [0, 0.1) is 0 Å².